The number of nitrogens with one attached hydrogen (secondary N) is 1. The Hall–Kier alpha value is -2.64. The summed E-state index contributed by atoms with van der Waals surface area (Å²) in [5.74, 6) is 0.222. The number of nitro benzene ring substituents is 1. The zero-order valence-electron chi connectivity index (χ0n) is 16.8. The van der Waals surface area contributed by atoms with Gasteiger partial charge in [0.25, 0.3) is 5.69 Å². The van der Waals surface area contributed by atoms with Crippen LogP contribution in [0.15, 0.2) is 24.3 Å². The highest BCUT2D eigenvalue weighted by Gasteiger charge is 2.28. The number of para-hydroxylation sites is 2. The number of carbonyl (C=O) groups excluding carboxylic acids is 2. The van der Waals surface area contributed by atoms with E-state index in [0.29, 0.717) is 51.1 Å². The fourth-order valence-electron chi connectivity index (χ4n) is 4.17. The van der Waals surface area contributed by atoms with Gasteiger partial charge in [0.05, 0.1) is 4.92 Å². The molecule has 2 aliphatic heterocycles. The van der Waals surface area contributed by atoms with Crippen molar-refractivity contribution in [2.75, 3.05) is 37.6 Å². The van der Waals surface area contributed by atoms with Gasteiger partial charge in [-0.2, -0.15) is 0 Å². The number of hydrogen-bond donors (Lipinski definition) is 1. The maximum Gasteiger partial charge on any atom is 0.292 e. The number of benzene rings is 1. The zero-order chi connectivity index (χ0) is 20.6. The van der Waals surface area contributed by atoms with Crippen molar-refractivity contribution in [3.63, 3.8) is 0 Å². The summed E-state index contributed by atoms with van der Waals surface area (Å²) in [6.45, 7) is 3.37. The number of anilines is 1. The molecule has 1 N–H and O–H groups in total. The minimum absolute atomic E-state index is 0.0504. The number of likely N-dealkylation sites (tertiary alicyclic amines) is 1. The number of amides is 2. The summed E-state index contributed by atoms with van der Waals surface area (Å²) in [4.78, 5) is 39.2. The first-order valence-corrected chi connectivity index (χ1v) is 10.6. The molecule has 0 atom stereocenters. The molecule has 2 fully saturated rings. The van der Waals surface area contributed by atoms with Crippen molar-refractivity contribution in [2.24, 2.45) is 5.92 Å². The Bertz CT molecular complexity index is 731. The monoisotopic (exact) mass is 402 g/mol. The van der Waals surface area contributed by atoms with Crippen molar-refractivity contribution in [1.82, 2.24) is 10.2 Å². The van der Waals surface area contributed by atoms with Gasteiger partial charge in [-0.25, -0.2) is 0 Å². The van der Waals surface area contributed by atoms with Crippen LogP contribution in [0.2, 0.25) is 0 Å². The van der Waals surface area contributed by atoms with E-state index in [-0.39, 0.29) is 28.3 Å². The summed E-state index contributed by atoms with van der Waals surface area (Å²) in [5, 5.41) is 14.2. The zero-order valence-corrected chi connectivity index (χ0v) is 16.8. The second-order valence-electron chi connectivity index (χ2n) is 7.84. The summed E-state index contributed by atoms with van der Waals surface area (Å²) < 4.78 is 0. The smallest absolute Gasteiger partial charge is 0.292 e. The molecule has 0 aromatic heterocycles. The molecule has 2 heterocycles. The molecule has 0 radical (unpaired) electrons. The van der Waals surface area contributed by atoms with E-state index < -0.39 is 0 Å². The second kappa shape index (κ2) is 10.2. The Morgan fingerprint density at radius 3 is 2.66 bits per heavy atom. The predicted molar refractivity (Wildman–Crippen MR) is 111 cm³/mol. The molecule has 2 aliphatic rings. The van der Waals surface area contributed by atoms with Gasteiger partial charge in [-0.3, -0.25) is 19.7 Å². The molecule has 8 nitrogen and oxygen atoms in total. The molecule has 8 heteroatoms. The first-order chi connectivity index (χ1) is 14.1. The summed E-state index contributed by atoms with van der Waals surface area (Å²) >= 11 is 0. The quantitative estimate of drug-likeness (QED) is 0.430. The van der Waals surface area contributed by atoms with Gasteiger partial charge in [-0.05, 0) is 38.2 Å². The number of piperidine rings is 1. The minimum atomic E-state index is -0.358. The number of rotatable bonds is 7. The Balaban J connectivity index is 1.40. The van der Waals surface area contributed by atoms with Gasteiger partial charge < -0.3 is 15.1 Å². The molecule has 2 amide bonds. The highest BCUT2D eigenvalue weighted by atomic mass is 16.6. The second-order valence-corrected chi connectivity index (χ2v) is 7.84. The van der Waals surface area contributed by atoms with E-state index in [1.54, 1.807) is 18.2 Å². The number of hydrogen-bond acceptors (Lipinski definition) is 5. The first-order valence-electron chi connectivity index (χ1n) is 10.6. The van der Waals surface area contributed by atoms with Crippen LogP contribution in [-0.4, -0.2) is 54.4 Å². The number of nitro groups is 1. The molecular weight excluding hydrogens is 372 g/mol. The third-order valence-electron chi connectivity index (χ3n) is 5.86. The average molecular weight is 402 g/mol. The minimum Gasteiger partial charge on any atom is -0.366 e. The van der Waals surface area contributed by atoms with E-state index in [1.807, 2.05) is 9.80 Å². The van der Waals surface area contributed by atoms with Crippen molar-refractivity contribution < 1.29 is 14.5 Å². The standard InChI is InChI=1S/C21H30N4O4/c26-20-9-2-1-5-13-24(20)14-6-12-22-21(27)17-10-15-23(16-11-17)18-7-3-4-8-19(18)25(28)29/h3-4,7-8,17H,1-2,5-6,9-16H2,(H,22,27). The highest BCUT2D eigenvalue weighted by molar-refractivity contribution is 5.79. The molecule has 0 bridgehead atoms. The van der Waals surface area contributed by atoms with Crippen molar-refractivity contribution in [3.8, 4) is 0 Å². The van der Waals surface area contributed by atoms with Crippen LogP contribution in [-0.2, 0) is 9.59 Å². The maximum absolute atomic E-state index is 12.5. The molecule has 2 saturated heterocycles. The lowest BCUT2D eigenvalue weighted by Gasteiger charge is -2.32. The van der Waals surface area contributed by atoms with Crippen LogP contribution < -0.4 is 10.2 Å². The topological polar surface area (TPSA) is 95.8 Å². The molecule has 0 spiro atoms. The van der Waals surface area contributed by atoms with E-state index in [2.05, 4.69) is 5.32 Å². The fourth-order valence-corrected chi connectivity index (χ4v) is 4.17. The lowest BCUT2D eigenvalue weighted by Crippen LogP contribution is -2.41. The van der Waals surface area contributed by atoms with Crippen molar-refractivity contribution in [1.29, 1.82) is 0 Å². The van der Waals surface area contributed by atoms with E-state index in [0.717, 1.165) is 32.2 Å². The molecule has 1 aromatic rings. The largest absolute Gasteiger partial charge is 0.366 e. The van der Waals surface area contributed by atoms with Gasteiger partial charge in [0.1, 0.15) is 5.69 Å². The van der Waals surface area contributed by atoms with E-state index >= 15 is 0 Å². The van der Waals surface area contributed by atoms with Crippen LogP contribution >= 0.6 is 0 Å². The van der Waals surface area contributed by atoms with Crippen LogP contribution in [0, 0.1) is 16.0 Å². The third kappa shape index (κ3) is 5.68. The third-order valence-corrected chi connectivity index (χ3v) is 5.86. The van der Waals surface area contributed by atoms with Gasteiger partial charge in [-0.1, -0.05) is 18.6 Å². The molecule has 158 valence electrons. The normalized spacial score (nSPS) is 18.4. The van der Waals surface area contributed by atoms with Crippen LogP contribution in [0.5, 0.6) is 0 Å². The predicted octanol–water partition coefficient (Wildman–Crippen LogP) is 2.72. The number of nitrogens with zero attached hydrogens (tertiary/aromatic N) is 3. The molecule has 0 unspecified atom stereocenters. The van der Waals surface area contributed by atoms with Gasteiger partial charge in [0, 0.05) is 51.1 Å². The van der Waals surface area contributed by atoms with Crippen molar-refractivity contribution in [3.05, 3.63) is 34.4 Å². The Labute approximate surface area is 171 Å². The Kier molecular flexibility index (Phi) is 7.43. The lowest BCUT2D eigenvalue weighted by atomic mass is 9.95. The Morgan fingerprint density at radius 1 is 1.14 bits per heavy atom. The highest BCUT2D eigenvalue weighted by Crippen LogP contribution is 2.31. The van der Waals surface area contributed by atoms with Gasteiger partial charge in [0.15, 0.2) is 0 Å². The summed E-state index contributed by atoms with van der Waals surface area (Å²) in [5.41, 5.74) is 0.733. The van der Waals surface area contributed by atoms with Crippen LogP contribution in [0.4, 0.5) is 11.4 Å². The Morgan fingerprint density at radius 2 is 1.90 bits per heavy atom. The van der Waals surface area contributed by atoms with Crippen LogP contribution in [0.25, 0.3) is 0 Å². The van der Waals surface area contributed by atoms with Crippen molar-refractivity contribution >= 4 is 23.2 Å². The molecule has 0 saturated carbocycles. The van der Waals surface area contributed by atoms with Crippen LogP contribution in [0.3, 0.4) is 0 Å². The summed E-state index contributed by atoms with van der Waals surface area (Å²) in [6.07, 6.45) is 5.94. The summed E-state index contributed by atoms with van der Waals surface area (Å²) in [6, 6.07) is 6.75. The molecule has 29 heavy (non-hydrogen) atoms. The SMILES string of the molecule is O=C(NCCCN1CCCCCC1=O)C1CCN(c2ccccc2[N+](=O)[O-])CC1. The van der Waals surface area contributed by atoms with Crippen LogP contribution in [0.1, 0.15) is 44.9 Å². The van der Waals surface area contributed by atoms with Gasteiger partial charge >= 0.3 is 0 Å². The average Bonchev–Trinajstić information content (AvgIpc) is 2.95. The van der Waals surface area contributed by atoms with E-state index in [9.17, 15) is 19.7 Å². The van der Waals surface area contributed by atoms with Crippen molar-refractivity contribution in [2.45, 2.75) is 44.9 Å². The molecule has 0 aliphatic carbocycles. The van der Waals surface area contributed by atoms with Gasteiger partial charge in [0.2, 0.25) is 11.8 Å². The van der Waals surface area contributed by atoms with Gasteiger partial charge in [-0.15, -0.1) is 0 Å². The first kappa shape index (κ1) is 21.1. The maximum atomic E-state index is 12.5. The van der Waals surface area contributed by atoms with E-state index in [1.165, 1.54) is 6.07 Å². The fraction of sp³-hybridized carbons (Fsp3) is 0.619. The lowest BCUT2D eigenvalue weighted by molar-refractivity contribution is -0.384. The van der Waals surface area contributed by atoms with E-state index in [4.69, 9.17) is 0 Å². The number of carbonyl (C=O) groups is 2. The molecular formula is C21H30N4O4. The summed E-state index contributed by atoms with van der Waals surface area (Å²) in [7, 11) is 0. The molecule has 3 rings (SSSR count). The molecule has 1 aromatic carbocycles.